The van der Waals surface area contributed by atoms with E-state index in [1.54, 1.807) is 6.07 Å². The molecule has 3 rings (SSSR count). The minimum Gasteiger partial charge on any atom is -0.423 e. The van der Waals surface area contributed by atoms with Crippen molar-refractivity contribution in [2.24, 2.45) is 23.7 Å². The molecule has 0 amide bonds. The third-order valence-electron chi connectivity index (χ3n) is 6.62. The first-order valence-electron chi connectivity index (χ1n) is 10.1. The number of nitriles is 1. The molecule has 1 aromatic rings. The highest BCUT2D eigenvalue weighted by Gasteiger charge is 2.33. The third-order valence-corrected chi connectivity index (χ3v) is 6.62. The van der Waals surface area contributed by atoms with Gasteiger partial charge >= 0.3 is 5.97 Å². The number of carbonyl (C=O) groups excluding carboxylic acids is 1. The molecule has 0 bridgehead atoms. The van der Waals surface area contributed by atoms with Crippen LogP contribution in [0.4, 0.5) is 8.78 Å². The molecule has 146 valence electrons. The second kappa shape index (κ2) is 8.82. The number of esters is 1. The van der Waals surface area contributed by atoms with Crippen LogP contribution in [-0.4, -0.2) is 5.97 Å². The molecule has 0 saturated heterocycles. The molecular weight excluding hydrogens is 348 g/mol. The van der Waals surface area contributed by atoms with Crippen molar-refractivity contribution in [3.8, 4) is 11.8 Å². The van der Waals surface area contributed by atoms with Gasteiger partial charge in [0.1, 0.15) is 6.07 Å². The molecule has 0 atom stereocenters. The maximum atomic E-state index is 13.9. The van der Waals surface area contributed by atoms with Gasteiger partial charge < -0.3 is 4.74 Å². The van der Waals surface area contributed by atoms with Gasteiger partial charge in [-0.2, -0.15) is 9.65 Å². The zero-order valence-corrected chi connectivity index (χ0v) is 15.8. The van der Waals surface area contributed by atoms with E-state index in [-0.39, 0.29) is 5.92 Å². The van der Waals surface area contributed by atoms with Crippen molar-refractivity contribution in [1.29, 1.82) is 5.26 Å². The Bertz CT molecular complexity index is 712. The summed E-state index contributed by atoms with van der Waals surface area (Å²) in [6.07, 6.45) is 10.0. The fraction of sp³-hybridized carbons (Fsp3) is 0.636. The number of hydrogen-bond donors (Lipinski definition) is 0. The molecule has 27 heavy (non-hydrogen) atoms. The van der Waals surface area contributed by atoms with E-state index in [1.807, 2.05) is 0 Å². The highest BCUT2D eigenvalue weighted by Crippen LogP contribution is 2.42. The van der Waals surface area contributed by atoms with Gasteiger partial charge in [-0.1, -0.05) is 26.2 Å². The molecule has 0 aliphatic heterocycles. The van der Waals surface area contributed by atoms with Crippen LogP contribution in [-0.2, 0) is 4.79 Å². The number of nitrogens with zero attached hydrogens (tertiary/aromatic N) is 1. The predicted octanol–water partition coefficient (Wildman–Crippen LogP) is 5.76. The minimum absolute atomic E-state index is 0.258. The maximum Gasteiger partial charge on any atom is 0.314 e. The van der Waals surface area contributed by atoms with E-state index in [1.165, 1.54) is 32.1 Å². The van der Waals surface area contributed by atoms with Crippen LogP contribution in [0.3, 0.4) is 0 Å². The Labute approximate surface area is 159 Å². The average Bonchev–Trinajstić information content (AvgIpc) is 2.72. The molecule has 0 unspecified atom stereocenters. The number of halogens is 2. The Balaban J connectivity index is 1.52. The summed E-state index contributed by atoms with van der Waals surface area (Å²) in [6, 6.07) is 3.84. The van der Waals surface area contributed by atoms with Crippen LogP contribution in [0.25, 0.3) is 0 Å². The van der Waals surface area contributed by atoms with Crippen LogP contribution in [0.15, 0.2) is 12.1 Å². The predicted molar refractivity (Wildman–Crippen MR) is 97.9 cm³/mol. The Kier molecular flexibility index (Phi) is 6.46. The van der Waals surface area contributed by atoms with E-state index in [9.17, 15) is 13.6 Å². The summed E-state index contributed by atoms with van der Waals surface area (Å²) < 4.78 is 32.7. The first-order chi connectivity index (χ1) is 13.0. The van der Waals surface area contributed by atoms with Crippen molar-refractivity contribution in [3.05, 3.63) is 29.3 Å². The lowest BCUT2D eigenvalue weighted by atomic mass is 9.69. The monoisotopic (exact) mass is 375 g/mol. The van der Waals surface area contributed by atoms with Crippen molar-refractivity contribution in [1.82, 2.24) is 0 Å². The van der Waals surface area contributed by atoms with Crippen LogP contribution in [0.1, 0.15) is 70.3 Å². The molecular formula is C22H27F2NO2. The molecule has 3 nitrogen and oxygen atoms in total. The standard InChI is InChI=1S/C22H27F2NO2/c1-2-14-3-5-15(6-4-14)16-7-9-17(10-8-16)22(26)27-19-12-11-18(13-25)20(23)21(19)24/h11-12,14-17H,2-10H2,1H3/t14-,15-,16-,17-. The van der Waals surface area contributed by atoms with Crippen LogP contribution in [0.2, 0.25) is 0 Å². The van der Waals surface area contributed by atoms with Gasteiger partial charge in [-0.3, -0.25) is 4.79 Å². The summed E-state index contributed by atoms with van der Waals surface area (Å²) in [5.74, 6) is -1.40. The van der Waals surface area contributed by atoms with E-state index < -0.39 is 28.9 Å². The average molecular weight is 375 g/mol. The normalized spacial score (nSPS) is 28.4. The SMILES string of the molecule is CC[C@H]1CC[C@H]([C@H]2CC[C@H](C(=O)Oc3ccc(C#N)c(F)c3F)CC2)CC1. The molecule has 0 aromatic heterocycles. The van der Waals surface area contributed by atoms with Gasteiger partial charge in [-0.25, -0.2) is 4.39 Å². The Morgan fingerprint density at radius 2 is 1.63 bits per heavy atom. The first-order valence-corrected chi connectivity index (χ1v) is 10.1. The highest BCUT2D eigenvalue weighted by molar-refractivity contribution is 5.75. The lowest BCUT2D eigenvalue weighted by molar-refractivity contribution is -0.140. The quantitative estimate of drug-likeness (QED) is 0.496. The molecule has 0 N–H and O–H groups in total. The summed E-state index contributed by atoms with van der Waals surface area (Å²) in [5, 5.41) is 8.72. The van der Waals surface area contributed by atoms with Crippen LogP contribution in [0.5, 0.6) is 5.75 Å². The van der Waals surface area contributed by atoms with Crippen molar-refractivity contribution < 1.29 is 18.3 Å². The van der Waals surface area contributed by atoms with Gasteiger partial charge in [-0.05, 0) is 68.4 Å². The Hall–Kier alpha value is -1.96. The smallest absolute Gasteiger partial charge is 0.314 e. The summed E-state index contributed by atoms with van der Waals surface area (Å²) >= 11 is 0. The first kappa shape index (κ1) is 19.8. The molecule has 2 aliphatic rings. The van der Waals surface area contributed by atoms with E-state index in [4.69, 9.17) is 10.00 Å². The van der Waals surface area contributed by atoms with E-state index in [2.05, 4.69) is 6.92 Å². The van der Waals surface area contributed by atoms with Gasteiger partial charge in [-0.15, -0.1) is 0 Å². The molecule has 2 aliphatic carbocycles. The molecule has 1 aromatic carbocycles. The molecule has 2 saturated carbocycles. The third kappa shape index (κ3) is 4.48. The van der Waals surface area contributed by atoms with E-state index in [0.29, 0.717) is 5.92 Å². The van der Waals surface area contributed by atoms with Crippen LogP contribution < -0.4 is 4.74 Å². The van der Waals surface area contributed by atoms with Gasteiger partial charge in [0.15, 0.2) is 11.6 Å². The number of hydrogen-bond acceptors (Lipinski definition) is 3. The number of benzene rings is 1. The van der Waals surface area contributed by atoms with Gasteiger partial charge in [0.2, 0.25) is 5.82 Å². The molecule has 0 spiro atoms. The zero-order valence-electron chi connectivity index (χ0n) is 15.8. The lowest BCUT2D eigenvalue weighted by Crippen LogP contribution is -2.30. The van der Waals surface area contributed by atoms with E-state index >= 15 is 0 Å². The van der Waals surface area contributed by atoms with Gasteiger partial charge in [0.05, 0.1) is 11.5 Å². The van der Waals surface area contributed by atoms with Crippen molar-refractivity contribution in [2.45, 2.75) is 64.7 Å². The Morgan fingerprint density at radius 3 is 2.19 bits per heavy atom. The van der Waals surface area contributed by atoms with E-state index in [0.717, 1.165) is 49.7 Å². The van der Waals surface area contributed by atoms with Gasteiger partial charge in [0, 0.05) is 0 Å². The summed E-state index contributed by atoms with van der Waals surface area (Å²) in [7, 11) is 0. The van der Waals surface area contributed by atoms with Crippen molar-refractivity contribution in [2.75, 3.05) is 0 Å². The van der Waals surface area contributed by atoms with Crippen molar-refractivity contribution in [3.63, 3.8) is 0 Å². The molecule has 2 fully saturated rings. The zero-order chi connectivity index (χ0) is 19.4. The number of carbonyl (C=O) groups is 1. The van der Waals surface area contributed by atoms with Crippen LogP contribution in [0, 0.1) is 46.6 Å². The fourth-order valence-corrected chi connectivity index (χ4v) is 4.78. The summed E-state index contributed by atoms with van der Waals surface area (Å²) in [6.45, 7) is 2.27. The molecule has 0 heterocycles. The maximum absolute atomic E-state index is 13.9. The topological polar surface area (TPSA) is 50.1 Å². The fourth-order valence-electron chi connectivity index (χ4n) is 4.78. The minimum atomic E-state index is -1.27. The second-order valence-corrected chi connectivity index (χ2v) is 8.07. The summed E-state index contributed by atoms with van der Waals surface area (Å²) in [4.78, 5) is 12.4. The van der Waals surface area contributed by atoms with Gasteiger partial charge in [0.25, 0.3) is 0 Å². The largest absolute Gasteiger partial charge is 0.423 e. The van der Waals surface area contributed by atoms with Crippen LogP contribution >= 0.6 is 0 Å². The summed E-state index contributed by atoms with van der Waals surface area (Å²) in [5.41, 5.74) is -0.398. The molecule has 0 radical (unpaired) electrons. The highest BCUT2D eigenvalue weighted by atomic mass is 19.2. The Morgan fingerprint density at radius 1 is 1.04 bits per heavy atom. The number of ether oxygens (including phenoxy) is 1. The second-order valence-electron chi connectivity index (χ2n) is 8.07. The lowest BCUT2D eigenvalue weighted by Gasteiger charge is -2.37. The van der Waals surface area contributed by atoms with Crippen molar-refractivity contribution >= 4 is 5.97 Å². The molecule has 5 heteroatoms. The number of rotatable bonds is 4.